The Labute approximate surface area is 132 Å². The van der Waals surface area contributed by atoms with Crippen LogP contribution in [-0.2, 0) is 0 Å². The van der Waals surface area contributed by atoms with Crippen molar-refractivity contribution in [3.05, 3.63) is 46.2 Å². The van der Waals surface area contributed by atoms with Crippen LogP contribution in [0.1, 0.15) is 15.5 Å². The number of aromatic nitrogens is 1. The average Bonchev–Trinajstić information content (AvgIpc) is 3.04. The Bertz CT molecular complexity index is 712. The number of nitrogens with zero attached hydrogens (tertiary/aromatic N) is 3. The van der Waals surface area contributed by atoms with E-state index in [1.165, 1.54) is 23.5 Å². The molecule has 0 bridgehead atoms. The molecule has 0 radical (unpaired) electrons. The maximum Gasteiger partial charge on any atom is 0.273 e. The Hall–Kier alpha value is -2.39. The quantitative estimate of drug-likeness (QED) is 0.798. The molecule has 6 heteroatoms. The minimum absolute atomic E-state index is 0.0866. The molecule has 1 saturated heterocycles. The van der Waals surface area contributed by atoms with Gasteiger partial charge in [-0.05, 0) is 30.2 Å². The molecule has 0 aliphatic carbocycles. The minimum atomic E-state index is -0.245. The van der Waals surface area contributed by atoms with Crippen molar-refractivity contribution in [3.8, 4) is 12.3 Å². The fourth-order valence-electron chi connectivity index (χ4n) is 2.42. The zero-order valence-corrected chi connectivity index (χ0v) is 12.6. The summed E-state index contributed by atoms with van der Waals surface area (Å²) >= 11 is 1.30. The molecule has 1 aliphatic rings. The third-order valence-electron chi connectivity index (χ3n) is 3.61. The summed E-state index contributed by atoms with van der Waals surface area (Å²) in [5.74, 6) is 2.10. The molecule has 0 saturated carbocycles. The van der Waals surface area contributed by atoms with Gasteiger partial charge in [-0.25, -0.2) is 9.37 Å². The maximum atomic E-state index is 12.9. The topological polar surface area (TPSA) is 36.4 Å². The van der Waals surface area contributed by atoms with Gasteiger partial charge in [0.15, 0.2) is 5.01 Å². The van der Waals surface area contributed by atoms with Gasteiger partial charge < -0.3 is 9.80 Å². The molecular formula is C16H14FN3OS. The third-order valence-corrected chi connectivity index (χ3v) is 4.38. The van der Waals surface area contributed by atoms with Gasteiger partial charge in [0.2, 0.25) is 0 Å². The van der Waals surface area contributed by atoms with E-state index in [2.05, 4.69) is 15.8 Å². The summed E-state index contributed by atoms with van der Waals surface area (Å²) in [4.78, 5) is 20.4. The van der Waals surface area contributed by atoms with Crippen LogP contribution in [0.25, 0.3) is 0 Å². The first kappa shape index (κ1) is 14.5. The van der Waals surface area contributed by atoms with Crippen LogP contribution >= 0.6 is 11.3 Å². The van der Waals surface area contributed by atoms with E-state index in [9.17, 15) is 9.18 Å². The Morgan fingerprint density at radius 3 is 2.50 bits per heavy atom. The number of benzene rings is 1. The molecule has 112 valence electrons. The monoisotopic (exact) mass is 315 g/mol. The lowest BCUT2D eigenvalue weighted by Crippen LogP contribution is -2.48. The highest BCUT2D eigenvalue weighted by Crippen LogP contribution is 2.18. The van der Waals surface area contributed by atoms with E-state index in [-0.39, 0.29) is 11.7 Å². The Kier molecular flexibility index (Phi) is 4.07. The van der Waals surface area contributed by atoms with Gasteiger partial charge in [-0.15, -0.1) is 17.8 Å². The molecule has 4 nitrogen and oxygen atoms in total. The number of thiazole rings is 1. The predicted molar refractivity (Wildman–Crippen MR) is 84.6 cm³/mol. The summed E-state index contributed by atoms with van der Waals surface area (Å²) in [6, 6.07) is 6.41. The van der Waals surface area contributed by atoms with Gasteiger partial charge in [-0.2, -0.15) is 0 Å². The van der Waals surface area contributed by atoms with E-state index < -0.39 is 0 Å². The van der Waals surface area contributed by atoms with E-state index in [1.54, 1.807) is 22.4 Å². The number of halogens is 1. The Balaban J connectivity index is 1.63. The predicted octanol–water partition coefficient (Wildman–Crippen LogP) is 2.23. The van der Waals surface area contributed by atoms with Crippen LogP contribution in [0.5, 0.6) is 0 Å². The van der Waals surface area contributed by atoms with E-state index in [0.717, 1.165) is 5.69 Å². The number of anilines is 1. The zero-order chi connectivity index (χ0) is 15.5. The third kappa shape index (κ3) is 2.95. The van der Waals surface area contributed by atoms with E-state index in [4.69, 9.17) is 6.42 Å². The van der Waals surface area contributed by atoms with Crippen molar-refractivity contribution in [1.82, 2.24) is 9.88 Å². The van der Waals surface area contributed by atoms with Crippen molar-refractivity contribution in [2.75, 3.05) is 31.1 Å². The second-order valence-corrected chi connectivity index (χ2v) is 5.80. The summed E-state index contributed by atoms with van der Waals surface area (Å²) in [5.41, 5.74) is 1.38. The lowest BCUT2D eigenvalue weighted by molar-refractivity contribution is 0.0741. The number of hydrogen-bond donors (Lipinski definition) is 0. The smallest absolute Gasteiger partial charge is 0.273 e. The molecular weight excluding hydrogens is 301 g/mol. The molecule has 3 rings (SSSR count). The SMILES string of the molecule is C#Cc1nc(C(=O)N2CCN(c3ccc(F)cc3)CC2)cs1. The molecule has 0 atom stereocenters. The number of carbonyl (C=O) groups is 1. The number of piperazine rings is 1. The highest BCUT2D eigenvalue weighted by Gasteiger charge is 2.23. The molecule has 1 fully saturated rings. The molecule has 0 spiro atoms. The van der Waals surface area contributed by atoms with Crippen LogP contribution in [0.3, 0.4) is 0 Å². The van der Waals surface area contributed by atoms with Crippen LogP contribution in [-0.4, -0.2) is 42.0 Å². The highest BCUT2D eigenvalue weighted by atomic mass is 32.1. The molecule has 1 aliphatic heterocycles. The van der Waals surface area contributed by atoms with Gasteiger partial charge in [-0.1, -0.05) is 0 Å². The van der Waals surface area contributed by atoms with Crippen molar-refractivity contribution in [3.63, 3.8) is 0 Å². The van der Waals surface area contributed by atoms with Crippen molar-refractivity contribution >= 4 is 22.9 Å². The van der Waals surface area contributed by atoms with Gasteiger partial charge in [0, 0.05) is 37.2 Å². The highest BCUT2D eigenvalue weighted by molar-refractivity contribution is 7.10. The summed E-state index contributed by atoms with van der Waals surface area (Å²) in [5, 5.41) is 2.22. The minimum Gasteiger partial charge on any atom is -0.368 e. The molecule has 22 heavy (non-hydrogen) atoms. The summed E-state index contributed by atoms with van der Waals surface area (Å²) in [6.07, 6.45) is 5.27. The van der Waals surface area contributed by atoms with E-state index in [0.29, 0.717) is 36.9 Å². The average molecular weight is 315 g/mol. The Morgan fingerprint density at radius 2 is 1.91 bits per heavy atom. The summed E-state index contributed by atoms with van der Waals surface area (Å²) in [7, 11) is 0. The normalized spacial score (nSPS) is 14.7. The first-order valence-electron chi connectivity index (χ1n) is 6.89. The molecule has 1 aromatic carbocycles. The first-order valence-corrected chi connectivity index (χ1v) is 7.77. The van der Waals surface area contributed by atoms with Crippen LogP contribution in [0.15, 0.2) is 29.6 Å². The molecule has 2 heterocycles. The van der Waals surface area contributed by atoms with Gasteiger partial charge in [0.1, 0.15) is 11.5 Å². The second-order valence-electron chi connectivity index (χ2n) is 4.94. The lowest BCUT2D eigenvalue weighted by atomic mass is 10.2. The molecule has 2 aromatic rings. The first-order chi connectivity index (χ1) is 10.7. The lowest BCUT2D eigenvalue weighted by Gasteiger charge is -2.35. The van der Waals surface area contributed by atoms with Crippen molar-refractivity contribution in [2.24, 2.45) is 0 Å². The van der Waals surface area contributed by atoms with Crippen molar-refractivity contribution < 1.29 is 9.18 Å². The number of rotatable bonds is 2. The van der Waals surface area contributed by atoms with Gasteiger partial charge in [-0.3, -0.25) is 4.79 Å². The summed E-state index contributed by atoms with van der Waals surface area (Å²) in [6.45, 7) is 2.64. The largest absolute Gasteiger partial charge is 0.368 e. The van der Waals surface area contributed by atoms with Crippen molar-refractivity contribution in [1.29, 1.82) is 0 Å². The number of carbonyl (C=O) groups excluding carboxylic acids is 1. The molecule has 0 unspecified atom stereocenters. The maximum absolute atomic E-state index is 12.9. The van der Waals surface area contributed by atoms with Crippen LogP contribution in [0.4, 0.5) is 10.1 Å². The fourth-order valence-corrected chi connectivity index (χ4v) is 3.02. The zero-order valence-electron chi connectivity index (χ0n) is 11.8. The fraction of sp³-hybridized carbons (Fsp3) is 0.250. The van der Waals surface area contributed by atoms with Crippen LogP contribution in [0.2, 0.25) is 0 Å². The summed E-state index contributed by atoms with van der Waals surface area (Å²) < 4.78 is 12.9. The van der Waals surface area contributed by atoms with Crippen LogP contribution in [0, 0.1) is 18.2 Å². The van der Waals surface area contributed by atoms with Gasteiger partial charge in [0.05, 0.1) is 0 Å². The van der Waals surface area contributed by atoms with Crippen LogP contribution < -0.4 is 4.90 Å². The number of amides is 1. The Morgan fingerprint density at radius 1 is 1.23 bits per heavy atom. The van der Waals surface area contributed by atoms with Crippen molar-refractivity contribution in [2.45, 2.75) is 0 Å². The second kappa shape index (κ2) is 6.16. The standard InChI is InChI=1S/C16H14FN3OS/c1-2-15-18-14(11-22-15)16(21)20-9-7-19(8-10-20)13-5-3-12(17)4-6-13/h1,3-6,11H,7-10H2. The van der Waals surface area contributed by atoms with E-state index >= 15 is 0 Å². The molecule has 1 aromatic heterocycles. The van der Waals surface area contributed by atoms with E-state index in [1.807, 2.05) is 0 Å². The number of terminal acetylenes is 1. The molecule has 0 N–H and O–H groups in total. The number of hydrogen-bond acceptors (Lipinski definition) is 4. The molecule has 1 amide bonds. The van der Waals surface area contributed by atoms with Gasteiger partial charge in [0.25, 0.3) is 5.91 Å². The van der Waals surface area contributed by atoms with Gasteiger partial charge >= 0.3 is 0 Å².